The molecule has 3 heteroatoms. The molecule has 0 saturated heterocycles. The van der Waals surface area contributed by atoms with Crippen LogP contribution in [0.3, 0.4) is 0 Å². The number of hydrogen-bond donors (Lipinski definition) is 0. The Kier molecular flexibility index (Phi) is 5.19. The third-order valence-corrected chi connectivity index (χ3v) is 6.20. The lowest BCUT2D eigenvalue weighted by Crippen LogP contribution is -2.30. The summed E-state index contributed by atoms with van der Waals surface area (Å²) in [6.07, 6.45) is 5.71. The van der Waals surface area contributed by atoms with Crippen LogP contribution in [0.25, 0.3) is 10.8 Å². The van der Waals surface area contributed by atoms with Gasteiger partial charge >= 0.3 is 0 Å². The smallest absolute Gasteiger partial charge is 0.154 e. The molecule has 1 fully saturated rings. The van der Waals surface area contributed by atoms with Gasteiger partial charge in [0.05, 0.1) is 11.7 Å². The predicted molar refractivity (Wildman–Crippen MR) is 108 cm³/mol. The maximum Gasteiger partial charge on any atom is 0.154 e. The van der Waals surface area contributed by atoms with Gasteiger partial charge in [0.15, 0.2) is 6.29 Å². The van der Waals surface area contributed by atoms with E-state index in [1.54, 1.807) is 0 Å². The van der Waals surface area contributed by atoms with Gasteiger partial charge in [-0.25, -0.2) is 0 Å². The van der Waals surface area contributed by atoms with E-state index >= 15 is 0 Å². The SMILES string of the molecule is CC(C)(C)C1CCC(Oc2cc(I)c3ccccc3c2C=O)CC1. The molecule has 2 aromatic carbocycles. The van der Waals surface area contributed by atoms with Crippen LogP contribution in [0.2, 0.25) is 0 Å². The minimum absolute atomic E-state index is 0.222. The van der Waals surface area contributed by atoms with Crippen molar-refractivity contribution >= 4 is 39.6 Å². The lowest BCUT2D eigenvalue weighted by Gasteiger charge is -2.37. The van der Waals surface area contributed by atoms with Gasteiger partial charge in [-0.15, -0.1) is 0 Å². The topological polar surface area (TPSA) is 26.3 Å². The first kappa shape index (κ1) is 17.7. The average Bonchev–Trinajstić information content (AvgIpc) is 2.55. The number of rotatable bonds is 3. The number of halogens is 1. The highest BCUT2D eigenvalue weighted by molar-refractivity contribution is 14.1. The first-order valence-electron chi connectivity index (χ1n) is 8.73. The molecule has 2 aromatic rings. The molecule has 0 aliphatic heterocycles. The predicted octanol–water partition coefficient (Wildman–Crippen LogP) is 6.24. The maximum absolute atomic E-state index is 11.7. The van der Waals surface area contributed by atoms with Gasteiger partial charge in [-0.3, -0.25) is 4.79 Å². The van der Waals surface area contributed by atoms with Crippen molar-refractivity contribution in [3.8, 4) is 5.75 Å². The molecule has 2 nitrogen and oxygen atoms in total. The van der Waals surface area contributed by atoms with Crippen LogP contribution in [0.5, 0.6) is 5.75 Å². The summed E-state index contributed by atoms with van der Waals surface area (Å²) in [6.45, 7) is 6.99. The highest BCUT2D eigenvalue weighted by Crippen LogP contribution is 2.40. The van der Waals surface area contributed by atoms with Gasteiger partial charge in [0.1, 0.15) is 5.75 Å². The van der Waals surface area contributed by atoms with Crippen LogP contribution in [0, 0.1) is 14.9 Å². The fourth-order valence-corrected chi connectivity index (χ4v) is 4.53. The van der Waals surface area contributed by atoms with E-state index in [1.807, 2.05) is 24.3 Å². The van der Waals surface area contributed by atoms with Crippen molar-refractivity contribution in [2.24, 2.45) is 11.3 Å². The van der Waals surface area contributed by atoms with E-state index in [-0.39, 0.29) is 6.10 Å². The second kappa shape index (κ2) is 7.03. The molecule has 0 atom stereocenters. The highest BCUT2D eigenvalue weighted by atomic mass is 127. The van der Waals surface area contributed by atoms with E-state index in [9.17, 15) is 4.79 Å². The monoisotopic (exact) mass is 436 g/mol. The summed E-state index contributed by atoms with van der Waals surface area (Å²) >= 11 is 2.33. The Morgan fingerprint density at radius 1 is 1.08 bits per heavy atom. The first-order valence-corrected chi connectivity index (χ1v) is 9.81. The van der Waals surface area contributed by atoms with Crippen LogP contribution in [0.15, 0.2) is 30.3 Å². The van der Waals surface area contributed by atoms with E-state index < -0.39 is 0 Å². The van der Waals surface area contributed by atoms with E-state index in [1.165, 1.54) is 12.8 Å². The third-order valence-electron chi connectivity index (χ3n) is 5.31. The maximum atomic E-state index is 11.7. The van der Waals surface area contributed by atoms with E-state index in [0.717, 1.165) is 45.1 Å². The van der Waals surface area contributed by atoms with Crippen LogP contribution in [-0.4, -0.2) is 12.4 Å². The van der Waals surface area contributed by atoms with Gasteiger partial charge in [0, 0.05) is 3.57 Å². The summed E-state index contributed by atoms with van der Waals surface area (Å²) in [5.41, 5.74) is 1.06. The lowest BCUT2D eigenvalue weighted by atomic mass is 9.72. The minimum atomic E-state index is 0.222. The lowest BCUT2D eigenvalue weighted by molar-refractivity contribution is 0.0871. The molecular weight excluding hydrogens is 411 g/mol. The summed E-state index contributed by atoms with van der Waals surface area (Å²) in [6, 6.07) is 10.1. The van der Waals surface area contributed by atoms with Gasteiger partial charge in [0.25, 0.3) is 0 Å². The van der Waals surface area contributed by atoms with Crippen LogP contribution in [-0.2, 0) is 0 Å². The Bertz CT molecular complexity index is 737. The van der Waals surface area contributed by atoms with Crippen molar-refractivity contribution in [3.05, 3.63) is 39.5 Å². The van der Waals surface area contributed by atoms with Crippen molar-refractivity contribution in [1.29, 1.82) is 0 Å². The molecule has 0 N–H and O–H groups in total. The molecule has 0 aromatic heterocycles. The number of carbonyl (C=O) groups excluding carboxylic acids is 1. The molecule has 0 radical (unpaired) electrons. The zero-order valence-electron chi connectivity index (χ0n) is 14.6. The molecule has 1 aliphatic rings. The Morgan fingerprint density at radius 2 is 1.71 bits per heavy atom. The van der Waals surface area contributed by atoms with E-state index in [4.69, 9.17) is 4.74 Å². The van der Waals surface area contributed by atoms with Crippen LogP contribution in [0.4, 0.5) is 0 Å². The molecule has 1 aliphatic carbocycles. The zero-order valence-corrected chi connectivity index (χ0v) is 16.8. The van der Waals surface area contributed by atoms with Crippen LogP contribution >= 0.6 is 22.6 Å². The molecule has 0 bridgehead atoms. The summed E-state index contributed by atoms with van der Waals surface area (Å²) in [7, 11) is 0. The summed E-state index contributed by atoms with van der Waals surface area (Å²) in [5.74, 6) is 1.51. The molecule has 0 heterocycles. The fraction of sp³-hybridized carbons (Fsp3) is 0.476. The normalized spacial score (nSPS) is 21.7. The van der Waals surface area contributed by atoms with Gasteiger partial charge in [-0.1, -0.05) is 45.0 Å². The molecule has 3 rings (SSSR count). The standard InChI is InChI=1S/C21H25IO2/c1-21(2,3)14-8-10-15(11-9-14)24-20-12-19(22)17-7-5-4-6-16(17)18(20)13-23/h4-7,12-15H,8-11H2,1-3H3. The van der Waals surface area contributed by atoms with Crippen molar-refractivity contribution in [1.82, 2.24) is 0 Å². The summed E-state index contributed by atoms with van der Waals surface area (Å²) < 4.78 is 7.42. The van der Waals surface area contributed by atoms with E-state index in [0.29, 0.717) is 11.0 Å². The number of aldehydes is 1. The molecule has 0 unspecified atom stereocenters. The average molecular weight is 436 g/mol. The summed E-state index contributed by atoms with van der Waals surface area (Å²) in [5, 5.41) is 2.10. The minimum Gasteiger partial charge on any atom is -0.490 e. The van der Waals surface area contributed by atoms with E-state index in [2.05, 4.69) is 49.4 Å². The highest BCUT2D eigenvalue weighted by Gasteiger charge is 2.30. The molecule has 1 saturated carbocycles. The third kappa shape index (κ3) is 3.61. The van der Waals surface area contributed by atoms with Gasteiger partial charge in [-0.2, -0.15) is 0 Å². The summed E-state index contributed by atoms with van der Waals surface area (Å²) in [4.78, 5) is 11.7. The van der Waals surface area contributed by atoms with Gasteiger partial charge < -0.3 is 4.74 Å². The molecular formula is C21H25IO2. The number of carbonyl (C=O) groups is 1. The Hall–Kier alpha value is -1.10. The molecule has 0 spiro atoms. The number of ether oxygens (including phenoxy) is 1. The second-order valence-electron chi connectivity index (χ2n) is 7.89. The first-order chi connectivity index (χ1) is 11.4. The Labute approximate surface area is 158 Å². The van der Waals surface area contributed by atoms with Crippen molar-refractivity contribution in [2.45, 2.75) is 52.6 Å². The second-order valence-corrected chi connectivity index (χ2v) is 9.05. The molecule has 0 amide bonds. The fourth-order valence-electron chi connectivity index (χ4n) is 3.77. The number of hydrogen-bond acceptors (Lipinski definition) is 2. The van der Waals surface area contributed by atoms with Crippen molar-refractivity contribution in [3.63, 3.8) is 0 Å². The van der Waals surface area contributed by atoms with Crippen molar-refractivity contribution < 1.29 is 9.53 Å². The van der Waals surface area contributed by atoms with Crippen molar-refractivity contribution in [2.75, 3.05) is 0 Å². The zero-order chi connectivity index (χ0) is 17.3. The number of benzene rings is 2. The Morgan fingerprint density at radius 3 is 2.29 bits per heavy atom. The Balaban J connectivity index is 1.82. The molecule has 128 valence electrons. The van der Waals surface area contributed by atoms with Gasteiger partial charge in [0.2, 0.25) is 0 Å². The quantitative estimate of drug-likeness (QED) is 0.421. The van der Waals surface area contributed by atoms with Crippen LogP contribution < -0.4 is 4.74 Å². The molecule has 24 heavy (non-hydrogen) atoms. The largest absolute Gasteiger partial charge is 0.490 e. The number of fused-ring (bicyclic) bond motifs is 1. The van der Waals surface area contributed by atoms with Crippen LogP contribution in [0.1, 0.15) is 56.8 Å². The van der Waals surface area contributed by atoms with Gasteiger partial charge in [-0.05, 0) is 76.4 Å².